The van der Waals surface area contributed by atoms with Crippen molar-refractivity contribution in [1.29, 1.82) is 0 Å². The van der Waals surface area contributed by atoms with Crippen molar-refractivity contribution in [2.45, 2.75) is 31.0 Å². The summed E-state index contributed by atoms with van der Waals surface area (Å²) in [4.78, 5) is 0.215. The van der Waals surface area contributed by atoms with Crippen molar-refractivity contribution in [3.63, 3.8) is 0 Å². The Kier molecular flexibility index (Phi) is 3.50. The quantitative estimate of drug-likeness (QED) is 0.813. The third-order valence-corrected chi connectivity index (χ3v) is 6.13. The van der Waals surface area contributed by atoms with Gasteiger partial charge >= 0.3 is 0 Å². The van der Waals surface area contributed by atoms with E-state index in [1.165, 1.54) is 4.31 Å². The minimum Gasteiger partial charge on any atom is -0.465 e. The monoisotopic (exact) mass is 325 g/mol. The zero-order valence-corrected chi connectivity index (χ0v) is 13.5. The van der Waals surface area contributed by atoms with Crippen molar-refractivity contribution in [2.75, 3.05) is 10.8 Å². The zero-order chi connectivity index (χ0) is 15.2. The van der Waals surface area contributed by atoms with Gasteiger partial charge in [0.2, 0.25) is 0 Å². The number of nitrogens with zero attached hydrogens (tertiary/aromatic N) is 1. The van der Waals surface area contributed by atoms with Crippen molar-refractivity contribution < 1.29 is 12.8 Å². The average Bonchev–Trinajstić information content (AvgIpc) is 2.99. The molecule has 1 aromatic carbocycles. The Morgan fingerprint density at radius 2 is 1.95 bits per heavy atom. The van der Waals surface area contributed by atoms with Gasteiger partial charge in [0, 0.05) is 12.1 Å². The molecule has 0 aliphatic carbocycles. The highest BCUT2D eigenvalue weighted by Crippen LogP contribution is 2.36. The summed E-state index contributed by atoms with van der Waals surface area (Å²) in [5.41, 5.74) is 2.35. The summed E-state index contributed by atoms with van der Waals surface area (Å²) < 4.78 is 33.0. The Morgan fingerprint density at radius 1 is 1.24 bits per heavy atom. The van der Waals surface area contributed by atoms with Crippen LogP contribution in [0.3, 0.4) is 0 Å². The van der Waals surface area contributed by atoms with E-state index in [9.17, 15) is 8.42 Å². The Hall–Kier alpha value is -1.46. The summed E-state index contributed by atoms with van der Waals surface area (Å²) in [6.45, 7) is 3.85. The summed E-state index contributed by atoms with van der Waals surface area (Å²) in [5, 5.41) is 0. The second-order valence-electron chi connectivity index (χ2n) is 5.11. The molecular weight excluding hydrogens is 310 g/mol. The molecule has 0 fully saturated rings. The summed E-state index contributed by atoms with van der Waals surface area (Å²) in [6.07, 6.45) is 0.724. The molecular formula is C15H16ClNO3S. The van der Waals surface area contributed by atoms with E-state index in [0.29, 0.717) is 23.6 Å². The Morgan fingerprint density at radius 3 is 2.67 bits per heavy atom. The van der Waals surface area contributed by atoms with Gasteiger partial charge in [0.1, 0.15) is 16.4 Å². The number of hydrogen-bond acceptors (Lipinski definition) is 3. The smallest absolute Gasteiger partial charge is 0.268 e. The molecule has 0 unspecified atom stereocenters. The van der Waals surface area contributed by atoms with E-state index in [0.717, 1.165) is 17.7 Å². The molecule has 0 saturated carbocycles. The van der Waals surface area contributed by atoms with Crippen LogP contribution in [0.5, 0.6) is 0 Å². The standard InChI is InChI=1S/C15H16ClNO3S/c1-10-13(9-16)15(11(2)20-10)21(18,19)17-8-7-12-5-3-4-6-14(12)17/h3-6H,7-9H2,1-2H3. The van der Waals surface area contributed by atoms with Gasteiger partial charge in [-0.05, 0) is 31.9 Å². The number of aryl methyl sites for hydroxylation is 2. The lowest BCUT2D eigenvalue weighted by atomic mass is 10.2. The van der Waals surface area contributed by atoms with E-state index < -0.39 is 10.0 Å². The van der Waals surface area contributed by atoms with Gasteiger partial charge in [-0.15, -0.1) is 11.6 Å². The molecule has 0 spiro atoms. The predicted molar refractivity (Wildman–Crippen MR) is 82.4 cm³/mol. The van der Waals surface area contributed by atoms with Crippen LogP contribution in [0.4, 0.5) is 5.69 Å². The number of benzene rings is 1. The van der Waals surface area contributed by atoms with Crippen molar-refractivity contribution in [3.05, 3.63) is 46.9 Å². The lowest BCUT2D eigenvalue weighted by molar-refractivity contribution is 0.495. The summed E-state index contributed by atoms with van der Waals surface area (Å²) in [7, 11) is -3.65. The number of sulfonamides is 1. The first-order valence-corrected chi connectivity index (χ1v) is 8.69. The maximum atomic E-state index is 13.0. The maximum absolute atomic E-state index is 13.0. The van der Waals surface area contributed by atoms with E-state index in [-0.39, 0.29) is 10.8 Å². The van der Waals surface area contributed by atoms with Gasteiger partial charge < -0.3 is 4.42 Å². The minimum atomic E-state index is -3.65. The van der Waals surface area contributed by atoms with Crippen LogP contribution in [0, 0.1) is 13.8 Å². The first-order chi connectivity index (χ1) is 9.96. The minimum absolute atomic E-state index is 0.118. The molecule has 112 valence electrons. The molecule has 1 aliphatic heterocycles. The van der Waals surface area contributed by atoms with E-state index >= 15 is 0 Å². The fraction of sp³-hybridized carbons (Fsp3) is 0.333. The van der Waals surface area contributed by atoms with Crippen LogP contribution in [-0.2, 0) is 22.3 Å². The third kappa shape index (κ3) is 2.15. The van der Waals surface area contributed by atoms with Crippen molar-refractivity contribution in [1.82, 2.24) is 0 Å². The molecule has 4 nitrogen and oxygen atoms in total. The van der Waals surface area contributed by atoms with Crippen LogP contribution >= 0.6 is 11.6 Å². The Bertz CT molecular complexity index is 795. The van der Waals surface area contributed by atoms with Crippen molar-refractivity contribution in [2.24, 2.45) is 0 Å². The molecule has 1 aliphatic rings. The Labute approximate surface area is 129 Å². The highest BCUT2D eigenvalue weighted by molar-refractivity contribution is 7.93. The summed E-state index contributed by atoms with van der Waals surface area (Å²) in [6, 6.07) is 7.57. The van der Waals surface area contributed by atoms with Crippen LogP contribution in [0.2, 0.25) is 0 Å². The Balaban J connectivity index is 2.15. The first kappa shape index (κ1) is 14.5. The predicted octanol–water partition coefficient (Wildman–Crippen LogP) is 3.39. The molecule has 6 heteroatoms. The number of alkyl halides is 1. The van der Waals surface area contributed by atoms with Gasteiger partial charge in [0.05, 0.1) is 11.6 Å². The van der Waals surface area contributed by atoms with Crippen LogP contribution < -0.4 is 4.31 Å². The van der Waals surface area contributed by atoms with Crippen molar-refractivity contribution in [3.8, 4) is 0 Å². The van der Waals surface area contributed by atoms with Crippen LogP contribution in [0.1, 0.15) is 22.6 Å². The third-order valence-electron chi connectivity index (χ3n) is 3.85. The average molecular weight is 326 g/mol. The number of furan rings is 1. The lowest BCUT2D eigenvalue weighted by Gasteiger charge is -2.19. The normalized spacial score (nSPS) is 14.5. The van der Waals surface area contributed by atoms with Crippen LogP contribution in [0.25, 0.3) is 0 Å². The van der Waals surface area contributed by atoms with E-state index in [4.69, 9.17) is 16.0 Å². The van der Waals surface area contributed by atoms with E-state index in [1.807, 2.05) is 24.3 Å². The van der Waals surface area contributed by atoms with E-state index in [2.05, 4.69) is 0 Å². The van der Waals surface area contributed by atoms with Gasteiger partial charge in [0.25, 0.3) is 10.0 Å². The van der Waals surface area contributed by atoms with Crippen LogP contribution in [0.15, 0.2) is 33.6 Å². The number of rotatable bonds is 3. The summed E-state index contributed by atoms with van der Waals surface area (Å²) in [5.74, 6) is 1.08. The van der Waals surface area contributed by atoms with Gasteiger partial charge in [-0.1, -0.05) is 18.2 Å². The number of fused-ring (bicyclic) bond motifs is 1. The lowest BCUT2D eigenvalue weighted by Crippen LogP contribution is -2.30. The fourth-order valence-electron chi connectivity index (χ4n) is 2.87. The fourth-order valence-corrected chi connectivity index (χ4v) is 5.19. The van der Waals surface area contributed by atoms with Crippen molar-refractivity contribution >= 4 is 27.3 Å². The molecule has 0 radical (unpaired) electrons. The molecule has 21 heavy (non-hydrogen) atoms. The molecule has 0 saturated heterocycles. The number of hydrogen-bond donors (Lipinski definition) is 0. The number of para-hydroxylation sites is 1. The summed E-state index contributed by atoms with van der Waals surface area (Å²) >= 11 is 5.92. The van der Waals surface area contributed by atoms with E-state index in [1.54, 1.807) is 13.8 Å². The maximum Gasteiger partial charge on any atom is 0.268 e. The van der Waals surface area contributed by atoms with Gasteiger partial charge in [-0.2, -0.15) is 0 Å². The largest absolute Gasteiger partial charge is 0.465 e. The van der Waals surface area contributed by atoms with Gasteiger partial charge in [0.15, 0.2) is 0 Å². The van der Waals surface area contributed by atoms with Crippen LogP contribution in [-0.4, -0.2) is 15.0 Å². The SMILES string of the molecule is Cc1oc(C)c(S(=O)(=O)N2CCc3ccccc32)c1CCl. The molecule has 3 rings (SSSR count). The highest BCUT2D eigenvalue weighted by atomic mass is 35.5. The molecule has 1 aromatic heterocycles. The second kappa shape index (κ2) is 5.07. The molecule has 0 bridgehead atoms. The second-order valence-corrected chi connectivity index (χ2v) is 7.18. The van der Waals surface area contributed by atoms with Gasteiger partial charge in [-0.25, -0.2) is 8.42 Å². The van der Waals surface area contributed by atoms with Gasteiger partial charge in [-0.3, -0.25) is 4.31 Å². The molecule has 2 heterocycles. The topological polar surface area (TPSA) is 50.5 Å². The zero-order valence-electron chi connectivity index (χ0n) is 11.9. The first-order valence-electron chi connectivity index (χ1n) is 6.72. The molecule has 0 atom stereocenters. The highest BCUT2D eigenvalue weighted by Gasteiger charge is 2.35. The molecule has 2 aromatic rings. The number of anilines is 1. The molecule has 0 N–H and O–H groups in total. The molecule has 0 amide bonds. The number of halogens is 1.